The summed E-state index contributed by atoms with van der Waals surface area (Å²) in [4.78, 5) is 23.1. The molecule has 0 aliphatic heterocycles. The lowest BCUT2D eigenvalue weighted by atomic mass is 10.2. The van der Waals surface area contributed by atoms with Crippen molar-refractivity contribution in [3.8, 4) is 0 Å². The summed E-state index contributed by atoms with van der Waals surface area (Å²) in [7, 11) is 0. The second-order valence-electron chi connectivity index (χ2n) is 3.97. The third-order valence-electron chi connectivity index (χ3n) is 2.23. The van der Waals surface area contributed by atoms with E-state index >= 15 is 0 Å². The van der Waals surface area contributed by atoms with Crippen molar-refractivity contribution >= 4 is 29.2 Å². The van der Waals surface area contributed by atoms with Gasteiger partial charge in [-0.15, -0.1) is 0 Å². The first-order chi connectivity index (χ1) is 9.02. The zero-order valence-corrected chi connectivity index (χ0v) is 11.5. The van der Waals surface area contributed by atoms with Gasteiger partial charge in [-0.25, -0.2) is 4.79 Å². The van der Waals surface area contributed by atoms with E-state index in [1.165, 1.54) is 0 Å². The molecule has 0 heterocycles. The maximum absolute atomic E-state index is 11.7. The van der Waals surface area contributed by atoms with Crippen LogP contribution >= 0.6 is 11.6 Å². The molecule has 0 saturated carbocycles. The maximum Gasteiger partial charge on any atom is 0.333 e. The van der Waals surface area contributed by atoms with Gasteiger partial charge in [0.1, 0.15) is 0 Å². The van der Waals surface area contributed by atoms with Crippen molar-refractivity contribution in [2.75, 3.05) is 11.9 Å². The summed E-state index contributed by atoms with van der Waals surface area (Å²) in [5.74, 6) is -0.853. The summed E-state index contributed by atoms with van der Waals surface area (Å²) in [6.45, 7) is 5.77. The van der Waals surface area contributed by atoms with E-state index in [0.29, 0.717) is 17.3 Å². The molecule has 4 nitrogen and oxygen atoms in total. The predicted molar refractivity (Wildman–Crippen MR) is 75.1 cm³/mol. The first-order valence-corrected chi connectivity index (χ1v) is 6.31. The van der Waals surface area contributed by atoms with Gasteiger partial charge in [0.25, 0.3) is 0 Å². The number of carbonyl (C=O) groups is 2. The van der Waals surface area contributed by atoms with Crippen molar-refractivity contribution in [3.63, 3.8) is 0 Å². The summed E-state index contributed by atoms with van der Waals surface area (Å²) in [5.41, 5.74) is 0.754. The number of ether oxygens (including phenoxy) is 1. The molecular formula is C14H16ClNO3. The summed E-state index contributed by atoms with van der Waals surface area (Å²) in [6, 6.07) is 6.69. The van der Waals surface area contributed by atoms with Gasteiger partial charge >= 0.3 is 5.97 Å². The van der Waals surface area contributed by atoms with Gasteiger partial charge in [-0.2, -0.15) is 0 Å². The van der Waals surface area contributed by atoms with Crippen LogP contribution in [0.2, 0.25) is 5.02 Å². The number of hydrogen-bond acceptors (Lipinski definition) is 3. The van der Waals surface area contributed by atoms with E-state index < -0.39 is 5.97 Å². The highest BCUT2D eigenvalue weighted by Gasteiger charge is 2.13. The first-order valence-electron chi connectivity index (χ1n) is 5.93. The largest absolute Gasteiger partial charge is 0.462 e. The highest BCUT2D eigenvalue weighted by Crippen LogP contribution is 2.14. The minimum Gasteiger partial charge on any atom is -0.462 e. The third kappa shape index (κ3) is 5.57. The van der Waals surface area contributed by atoms with Crippen molar-refractivity contribution in [2.24, 2.45) is 0 Å². The molecule has 0 radical (unpaired) electrons. The highest BCUT2D eigenvalue weighted by molar-refractivity contribution is 6.30. The SMILES string of the molecule is C=C(CC(=O)Nc1ccc(Cl)cc1)C(=O)OCCC. The molecular weight excluding hydrogens is 266 g/mol. The average Bonchev–Trinajstić information content (AvgIpc) is 2.38. The molecule has 102 valence electrons. The van der Waals surface area contributed by atoms with Gasteiger partial charge in [0, 0.05) is 16.3 Å². The Hall–Kier alpha value is -1.81. The third-order valence-corrected chi connectivity index (χ3v) is 2.48. The Labute approximate surface area is 117 Å². The average molecular weight is 282 g/mol. The predicted octanol–water partition coefficient (Wildman–Crippen LogP) is 3.18. The molecule has 1 aromatic carbocycles. The Kier molecular flexibility index (Phi) is 6.09. The van der Waals surface area contributed by atoms with Crippen LogP contribution in [0.5, 0.6) is 0 Å². The van der Waals surface area contributed by atoms with Gasteiger partial charge < -0.3 is 10.1 Å². The lowest BCUT2D eigenvalue weighted by Gasteiger charge is -2.07. The normalized spacial score (nSPS) is 9.79. The molecule has 0 aliphatic carbocycles. The van der Waals surface area contributed by atoms with Crippen LogP contribution in [-0.2, 0) is 14.3 Å². The molecule has 0 aliphatic rings. The number of anilines is 1. The van der Waals surface area contributed by atoms with E-state index in [9.17, 15) is 9.59 Å². The van der Waals surface area contributed by atoms with Crippen LogP contribution in [0.4, 0.5) is 5.69 Å². The van der Waals surface area contributed by atoms with E-state index in [4.69, 9.17) is 16.3 Å². The molecule has 0 aromatic heterocycles. The molecule has 0 bridgehead atoms. The molecule has 5 heteroatoms. The zero-order chi connectivity index (χ0) is 14.3. The topological polar surface area (TPSA) is 55.4 Å². The quantitative estimate of drug-likeness (QED) is 0.644. The number of hydrogen-bond donors (Lipinski definition) is 1. The van der Waals surface area contributed by atoms with E-state index in [1.807, 2.05) is 6.92 Å². The van der Waals surface area contributed by atoms with E-state index in [-0.39, 0.29) is 17.9 Å². The van der Waals surface area contributed by atoms with Crippen LogP contribution in [-0.4, -0.2) is 18.5 Å². The van der Waals surface area contributed by atoms with Gasteiger partial charge in [0.2, 0.25) is 5.91 Å². The second-order valence-corrected chi connectivity index (χ2v) is 4.41. The molecule has 1 aromatic rings. The Morgan fingerprint density at radius 3 is 2.53 bits per heavy atom. The van der Waals surface area contributed by atoms with Crippen molar-refractivity contribution in [3.05, 3.63) is 41.4 Å². The zero-order valence-electron chi connectivity index (χ0n) is 10.7. The number of nitrogens with one attached hydrogen (secondary N) is 1. The Morgan fingerprint density at radius 2 is 1.95 bits per heavy atom. The van der Waals surface area contributed by atoms with E-state index in [0.717, 1.165) is 6.42 Å². The summed E-state index contributed by atoms with van der Waals surface area (Å²) < 4.78 is 4.88. The fourth-order valence-corrected chi connectivity index (χ4v) is 1.43. The van der Waals surface area contributed by atoms with Crippen molar-refractivity contribution < 1.29 is 14.3 Å². The first kappa shape index (κ1) is 15.2. The lowest BCUT2D eigenvalue weighted by Crippen LogP contribution is -2.16. The molecule has 0 fully saturated rings. The molecule has 0 spiro atoms. The van der Waals surface area contributed by atoms with Crippen LogP contribution in [0.3, 0.4) is 0 Å². The highest BCUT2D eigenvalue weighted by atomic mass is 35.5. The number of rotatable bonds is 6. The van der Waals surface area contributed by atoms with E-state index in [2.05, 4.69) is 11.9 Å². The van der Waals surface area contributed by atoms with Crippen LogP contribution in [0.1, 0.15) is 19.8 Å². The van der Waals surface area contributed by atoms with Gasteiger partial charge in [0.15, 0.2) is 0 Å². The van der Waals surface area contributed by atoms with Crippen molar-refractivity contribution in [2.45, 2.75) is 19.8 Å². The van der Waals surface area contributed by atoms with Gasteiger partial charge in [-0.1, -0.05) is 25.1 Å². The molecule has 1 amide bonds. The summed E-state index contributed by atoms with van der Waals surface area (Å²) in [6.07, 6.45) is 0.640. The molecule has 1 rings (SSSR count). The molecule has 0 saturated heterocycles. The Bertz CT molecular complexity index is 468. The van der Waals surface area contributed by atoms with Gasteiger partial charge in [0.05, 0.1) is 13.0 Å². The fourth-order valence-electron chi connectivity index (χ4n) is 1.30. The molecule has 19 heavy (non-hydrogen) atoms. The number of benzene rings is 1. The monoisotopic (exact) mass is 281 g/mol. The van der Waals surface area contributed by atoms with Crippen LogP contribution in [0, 0.1) is 0 Å². The summed E-state index contributed by atoms with van der Waals surface area (Å²) >= 11 is 5.73. The smallest absolute Gasteiger partial charge is 0.333 e. The van der Waals surface area contributed by atoms with E-state index in [1.54, 1.807) is 24.3 Å². The lowest BCUT2D eigenvalue weighted by molar-refractivity contribution is -0.139. The molecule has 0 unspecified atom stereocenters. The van der Waals surface area contributed by atoms with Crippen molar-refractivity contribution in [1.82, 2.24) is 0 Å². The number of amides is 1. The number of carbonyl (C=O) groups excluding carboxylic acids is 2. The van der Waals surface area contributed by atoms with Gasteiger partial charge in [-0.05, 0) is 30.7 Å². The fraction of sp³-hybridized carbons (Fsp3) is 0.286. The van der Waals surface area contributed by atoms with Gasteiger partial charge in [-0.3, -0.25) is 4.79 Å². The standard InChI is InChI=1S/C14H16ClNO3/c1-3-8-19-14(18)10(2)9-13(17)16-12-6-4-11(15)5-7-12/h4-7H,2-3,8-9H2,1H3,(H,16,17). The van der Waals surface area contributed by atoms with Crippen molar-refractivity contribution in [1.29, 1.82) is 0 Å². The number of esters is 1. The number of halogens is 1. The Morgan fingerprint density at radius 1 is 1.32 bits per heavy atom. The second kappa shape index (κ2) is 7.59. The van der Waals surface area contributed by atoms with Crippen LogP contribution < -0.4 is 5.32 Å². The Balaban J connectivity index is 2.44. The van der Waals surface area contributed by atoms with Crippen LogP contribution in [0.25, 0.3) is 0 Å². The minimum atomic E-state index is -0.534. The molecule has 1 N–H and O–H groups in total. The molecule has 0 atom stereocenters. The van der Waals surface area contributed by atoms with Crippen LogP contribution in [0.15, 0.2) is 36.4 Å². The minimum absolute atomic E-state index is 0.0921. The summed E-state index contributed by atoms with van der Waals surface area (Å²) in [5, 5.41) is 3.23. The maximum atomic E-state index is 11.7.